The number of anilines is 2. The van der Waals surface area contributed by atoms with Crippen molar-refractivity contribution in [3.8, 4) is 0 Å². The number of cyclic esters (lactones) is 1. The molecular weight excluding hydrogens is 889 g/mol. The van der Waals surface area contributed by atoms with Gasteiger partial charge < -0.3 is 53.8 Å². The van der Waals surface area contributed by atoms with Crippen molar-refractivity contribution in [1.82, 2.24) is 29.2 Å². The highest BCUT2D eigenvalue weighted by molar-refractivity contribution is 9.10. The third-order valence-corrected chi connectivity index (χ3v) is 21.9. The molecule has 0 spiro atoms. The first kappa shape index (κ1) is 47.4. The van der Waals surface area contributed by atoms with Crippen molar-refractivity contribution in [1.29, 1.82) is 0 Å². The van der Waals surface area contributed by atoms with Crippen LogP contribution in [0.25, 0.3) is 11.0 Å². The minimum Gasteiger partial charge on any atom is -0.455 e. The van der Waals surface area contributed by atoms with Crippen LogP contribution in [-0.4, -0.2) is 118 Å². The third kappa shape index (κ3) is 9.57. The number of aliphatic hydroxyl groups is 1. The monoisotopic (exact) mass is 950 g/mol. The predicted molar refractivity (Wildman–Crippen MR) is 235 cm³/mol. The minimum absolute atomic E-state index is 0.0553. The summed E-state index contributed by atoms with van der Waals surface area (Å²) in [5.41, 5.74) is 13.4. The second kappa shape index (κ2) is 16.5. The minimum atomic E-state index is -2.02. The molecule has 4 saturated heterocycles. The zero-order valence-corrected chi connectivity index (χ0v) is 41.3. The normalized spacial score (nSPS) is 28.2. The molecule has 7 atom stereocenters. The van der Waals surface area contributed by atoms with Gasteiger partial charge in [-0.15, -0.1) is 0 Å². The highest BCUT2D eigenvalue weighted by Gasteiger charge is 2.64. The van der Waals surface area contributed by atoms with E-state index >= 15 is 0 Å². The SMILES string of the molecule is CC1(C)O[C@@H]2[C@@H](CO[Si](C)(C)C(C)(C)C)OC(=O)[C@@H]2O1.CC1(C)O[C@H]2[C@@H](O1)C(O)(c1ccc3c(N)ncnn13)O[C@@H]2CO[Si](C)(C)C(C)(C)C.Nc1ncnn2c(Br)ccc12. The second-order valence-corrected chi connectivity index (χ2v) is 30.2. The summed E-state index contributed by atoms with van der Waals surface area (Å²) in [5, 5.41) is 20.1. The van der Waals surface area contributed by atoms with Crippen molar-refractivity contribution < 1.29 is 47.2 Å². The number of halogens is 1. The van der Waals surface area contributed by atoms with Gasteiger partial charge in [0.1, 0.15) is 58.4 Å². The van der Waals surface area contributed by atoms with E-state index in [9.17, 15) is 9.90 Å². The first-order valence-electron chi connectivity index (χ1n) is 20.4. The molecule has 5 N–H and O–H groups in total. The molecule has 18 nitrogen and oxygen atoms in total. The summed E-state index contributed by atoms with van der Waals surface area (Å²) in [6, 6.07) is 7.21. The quantitative estimate of drug-likeness (QED) is 0.144. The molecule has 0 amide bonds. The third-order valence-electron chi connectivity index (χ3n) is 12.3. The Morgan fingerprint density at radius 2 is 1.23 bits per heavy atom. The largest absolute Gasteiger partial charge is 0.455 e. The van der Waals surface area contributed by atoms with Crippen molar-refractivity contribution in [3.05, 3.63) is 47.2 Å². The molecular formula is C40H63BrN8O10Si2. The second-order valence-electron chi connectivity index (χ2n) is 19.8. The number of carbonyl (C=O) groups is 1. The van der Waals surface area contributed by atoms with E-state index < -0.39 is 58.4 Å². The first-order valence-corrected chi connectivity index (χ1v) is 27.0. The lowest BCUT2D eigenvalue weighted by Crippen LogP contribution is -2.44. The number of hydrogen-bond acceptors (Lipinski definition) is 16. The number of aromatic nitrogens is 6. The van der Waals surface area contributed by atoms with Crippen LogP contribution in [0.2, 0.25) is 36.3 Å². The van der Waals surface area contributed by atoms with Gasteiger partial charge in [0.15, 0.2) is 52.1 Å². The van der Waals surface area contributed by atoms with Crippen LogP contribution in [0.15, 0.2) is 41.5 Å². The molecule has 0 saturated carbocycles. The van der Waals surface area contributed by atoms with Crippen LogP contribution < -0.4 is 11.5 Å². The standard InChI is InChI=1S/C20H32N4O5Si.C14H26O5Si.C6H5BrN4/c1-18(2,3)30(6,7)26-10-13-15-16(29-19(4,5)28-15)20(25,27-13)14-9-8-12-17(21)22-11-23-24(12)14;1-13(2,3)20(6,7)16-8-9-10-11(12(15)17-9)19-14(4,5)18-10;7-5-2-1-4-6(8)9-3-10-11(4)5/h8-9,11,13,15-16,25H,10H2,1-7H3,(H2,21,22,23);9-11H,8H2,1-7H3;1-3H,(H2,8,9,10)/t13-,15-,16-,20?;9-,10-,11-;/m11./s1. The van der Waals surface area contributed by atoms with Crippen molar-refractivity contribution >= 4 is 61.2 Å². The Morgan fingerprint density at radius 1 is 0.738 bits per heavy atom. The van der Waals surface area contributed by atoms with Gasteiger partial charge >= 0.3 is 5.97 Å². The fraction of sp³-hybridized carbons (Fsp3) is 0.675. The van der Waals surface area contributed by atoms with Crippen LogP contribution >= 0.6 is 15.9 Å². The summed E-state index contributed by atoms with van der Waals surface area (Å²) < 4.78 is 51.7. The topological polar surface area (TPSA) is 224 Å². The Hall–Kier alpha value is -3.10. The van der Waals surface area contributed by atoms with E-state index in [0.717, 1.165) is 10.1 Å². The Morgan fingerprint density at radius 3 is 1.79 bits per heavy atom. The summed E-state index contributed by atoms with van der Waals surface area (Å²) >= 11 is 3.32. The average Bonchev–Trinajstić information content (AvgIpc) is 3.97. The van der Waals surface area contributed by atoms with Crippen molar-refractivity contribution in [2.45, 2.75) is 159 Å². The van der Waals surface area contributed by atoms with Crippen LogP contribution in [0.5, 0.6) is 0 Å². The van der Waals surface area contributed by atoms with Gasteiger partial charge in [-0.3, -0.25) is 0 Å². The number of ether oxygens (including phenoxy) is 6. The molecule has 338 valence electrons. The molecule has 4 aliphatic rings. The van der Waals surface area contributed by atoms with Crippen LogP contribution in [-0.2, 0) is 47.9 Å². The number of esters is 1. The predicted octanol–water partition coefficient (Wildman–Crippen LogP) is 5.93. The highest BCUT2D eigenvalue weighted by atomic mass is 79.9. The molecule has 0 radical (unpaired) electrons. The number of nitrogen functional groups attached to an aromatic ring is 2. The summed E-state index contributed by atoms with van der Waals surface area (Å²) in [5.74, 6) is -2.90. The number of carbonyl (C=O) groups excluding carboxylic acids is 1. The maximum absolute atomic E-state index is 11.8. The molecule has 4 aromatic heterocycles. The van der Waals surface area contributed by atoms with Crippen molar-refractivity contribution in [2.75, 3.05) is 24.7 Å². The molecule has 61 heavy (non-hydrogen) atoms. The maximum Gasteiger partial charge on any atom is 0.338 e. The lowest BCUT2D eigenvalue weighted by Gasteiger charge is -2.37. The summed E-state index contributed by atoms with van der Waals surface area (Å²) in [4.78, 5) is 19.7. The van der Waals surface area contributed by atoms with Gasteiger partial charge in [0.2, 0.25) is 5.79 Å². The van der Waals surface area contributed by atoms with E-state index in [-0.39, 0.29) is 28.3 Å². The molecule has 4 aliphatic heterocycles. The zero-order valence-electron chi connectivity index (χ0n) is 37.7. The number of nitrogens with zero attached hydrogens (tertiary/aromatic N) is 6. The summed E-state index contributed by atoms with van der Waals surface area (Å²) in [6.45, 7) is 29.8. The molecule has 1 unspecified atom stereocenters. The zero-order chi connectivity index (χ0) is 45.3. The maximum atomic E-state index is 11.8. The fourth-order valence-electron chi connectivity index (χ4n) is 6.88. The van der Waals surface area contributed by atoms with E-state index in [2.05, 4.69) is 104 Å². The number of nitrogens with two attached hydrogens (primary N) is 2. The van der Waals surface area contributed by atoms with Crippen LogP contribution in [0, 0.1) is 0 Å². The van der Waals surface area contributed by atoms with E-state index in [1.807, 2.05) is 39.8 Å². The van der Waals surface area contributed by atoms with E-state index in [1.165, 1.54) is 17.2 Å². The number of rotatable bonds is 7. The van der Waals surface area contributed by atoms with E-state index in [0.29, 0.717) is 36.1 Å². The van der Waals surface area contributed by atoms with Gasteiger partial charge in [-0.05, 0) is 104 Å². The van der Waals surface area contributed by atoms with Gasteiger partial charge in [0, 0.05) is 0 Å². The van der Waals surface area contributed by atoms with Crippen LogP contribution in [0.4, 0.5) is 11.6 Å². The molecule has 0 bridgehead atoms. The van der Waals surface area contributed by atoms with Crippen molar-refractivity contribution in [2.24, 2.45) is 0 Å². The fourth-order valence-corrected chi connectivity index (χ4v) is 9.32. The van der Waals surface area contributed by atoms with Crippen LogP contribution in [0.3, 0.4) is 0 Å². The van der Waals surface area contributed by atoms with E-state index in [1.54, 1.807) is 16.6 Å². The summed E-state index contributed by atoms with van der Waals surface area (Å²) in [7, 11) is -3.88. The van der Waals surface area contributed by atoms with Gasteiger partial charge in [-0.25, -0.2) is 23.8 Å². The molecule has 0 aliphatic carbocycles. The first-order chi connectivity index (χ1) is 28.0. The highest BCUT2D eigenvalue weighted by Crippen LogP contribution is 2.49. The van der Waals surface area contributed by atoms with Gasteiger partial charge in [-0.1, -0.05) is 41.5 Å². The van der Waals surface area contributed by atoms with Gasteiger partial charge in [0.25, 0.3) is 0 Å². The summed E-state index contributed by atoms with van der Waals surface area (Å²) in [6.07, 6.45) is -0.304. The molecule has 21 heteroatoms. The number of hydrogen-bond donors (Lipinski definition) is 3. The molecule has 4 aromatic rings. The number of fused-ring (bicyclic) bond motifs is 4. The smallest absolute Gasteiger partial charge is 0.338 e. The van der Waals surface area contributed by atoms with Crippen molar-refractivity contribution in [3.63, 3.8) is 0 Å². The Balaban J connectivity index is 0.000000171. The Kier molecular flexibility index (Phi) is 12.8. The molecule has 4 fully saturated rings. The molecule has 0 aromatic carbocycles. The van der Waals surface area contributed by atoms with Gasteiger partial charge in [0.05, 0.1) is 13.2 Å². The average molecular weight is 952 g/mol. The Bertz CT molecular complexity index is 2220. The van der Waals surface area contributed by atoms with E-state index in [4.69, 9.17) is 48.7 Å². The Labute approximate surface area is 367 Å². The van der Waals surface area contributed by atoms with Gasteiger partial charge in [-0.2, -0.15) is 10.2 Å². The molecule has 8 rings (SSSR count). The molecule has 8 heterocycles. The lowest BCUT2D eigenvalue weighted by molar-refractivity contribution is -0.285. The lowest BCUT2D eigenvalue weighted by atomic mass is 10.0. The van der Waals surface area contributed by atoms with Crippen LogP contribution in [0.1, 0.15) is 74.9 Å².